The van der Waals surface area contributed by atoms with Crippen molar-refractivity contribution < 1.29 is 31.9 Å². The molecule has 172 valence electrons. The van der Waals surface area contributed by atoms with Gasteiger partial charge in [-0.05, 0) is 49.9 Å². The molecule has 2 heterocycles. The number of nitrogens with zero attached hydrogens (tertiary/aromatic N) is 1. The summed E-state index contributed by atoms with van der Waals surface area (Å²) in [5.74, 6) is -2.07. The van der Waals surface area contributed by atoms with E-state index in [1.807, 2.05) is 0 Å². The molecule has 0 radical (unpaired) electrons. The van der Waals surface area contributed by atoms with Crippen molar-refractivity contribution in [3.63, 3.8) is 0 Å². The predicted molar refractivity (Wildman–Crippen MR) is 116 cm³/mol. The summed E-state index contributed by atoms with van der Waals surface area (Å²) in [5, 5.41) is 3.06. The van der Waals surface area contributed by atoms with Crippen LogP contribution in [0.4, 0.5) is 9.39 Å². The number of thiophene rings is 1. The molecule has 0 bridgehead atoms. The van der Waals surface area contributed by atoms with Crippen molar-refractivity contribution in [3.05, 3.63) is 45.6 Å². The molecular weight excluding hydrogens is 459 g/mol. The second-order valence-corrected chi connectivity index (χ2v) is 10.4. The number of sulfonamides is 1. The number of nitrogens with one attached hydrogen (secondary N) is 1. The smallest absolute Gasteiger partial charge is 0.341 e. The summed E-state index contributed by atoms with van der Waals surface area (Å²) in [6, 6.07) is 3.21. The summed E-state index contributed by atoms with van der Waals surface area (Å²) in [5.41, 5.74) is 1.21. The first-order valence-electron chi connectivity index (χ1n) is 10.3. The topological polar surface area (TPSA) is 102 Å². The van der Waals surface area contributed by atoms with Crippen molar-refractivity contribution >= 4 is 38.2 Å². The van der Waals surface area contributed by atoms with E-state index in [1.165, 1.54) is 17.4 Å². The van der Waals surface area contributed by atoms with Gasteiger partial charge in [0, 0.05) is 23.5 Å². The number of hydrogen-bond acceptors (Lipinski definition) is 7. The number of amides is 1. The fraction of sp³-hybridized carbons (Fsp3) is 0.429. The molecule has 0 atom stereocenters. The van der Waals surface area contributed by atoms with Gasteiger partial charge < -0.3 is 14.8 Å². The van der Waals surface area contributed by atoms with Crippen LogP contribution in [0.5, 0.6) is 0 Å². The van der Waals surface area contributed by atoms with E-state index in [2.05, 4.69) is 5.32 Å². The van der Waals surface area contributed by atoms with Crippen LogP contribution >= 0.6 is 11.3 Å². The molecule has 1 aromatic heterocycles. The molecule has 1 N–H and O–H groups in total. The van der Waals surface area contributed by atoms with Gasteiger partial charge >= 0.3 is 5.97 Å². The van der Waals surface area contributed by atoms with E-state index >= 15 is 0 Å². The average Bonchev–Trinajstić information content (AvgIpc) is 3.35. The van der Waals surface area contributed by atoms with Crippen molar-refractivity contribution in [2.75, 3.05) is 38.2 Å². The Kier molecular flexibility index (Phi) is 6.61. The number of morpholine rings is 1. The van der Waals surface area contributed by atoms with Gasteiger partial charge in [0.1, 0.15) is 15.7 Å². The van der Waals surface area contributed by atoms with Crippen molar-refractivity contribution in [2.24, 2.45) is 0 Å². The highest BCUT2D eigenvalue weighted by molar-refractivity contribution is 7.89. The molecule has 32 heavy (non-hydrogen) atoms. The summed E-state index contributed by atoms with van der Waals surface area (Å²) in [7, 11) is -4.12. The highest BCUT2D eigenvalue weighted by Crippen LogP contribution is 2.39. The maximum atomic E-state index is 14.4. The van der Waals surface area contributed by atoms with E-state index in [0.29, 0.717) is 10.6 Å². The number of anilines is 1. The zero-order chi connectivity index (χ0) is 22.9. The average molecular weight is 483 g/mol. The molecule has 0 saturated carbocycles. The van der Waals surface area contributed by atoms with Gasteiger partial charge in [0.05, 0.1) is 25.4 Å². The van der Waals surface area contributed by atoms with E-state index in [9.17, 15) is 22.4 Å². The van der Waals surface area contributed by atoms with Crippen molar-refractivity contribution in [1.82, 2.24) is 4.31 Å². The highest BCUT2D eigenvalue weighted by atomic mass is 32.2. The lowest BCUT2D eigenvalue weighted by atomic mass is 10.1. The molecule has 0 spiro atoms. The Hall–Kier alpha value is -2.34. The first kappa shape index (κ1) is 22.8. The molecule has 1 fully saturated rings. The zero-order valence-electron chi connectivity index (χ0n) is 17.5. The summed E-state index contributed by atoms with van der Waals surface area (Å²) < 4.78 is 51.7. The summed E-state index contributed by atoms with van der Waals surface area (Å²) >= 11 is 1.31. The second-order valence-electron chi connectivity index (χ2n) is 7.40. The lowest BCUT2D eigenvalue weighted by Crippen LogP contribution is -2.41. The quantitative estimate of drug-likeness (QED) is 0.636. The Morgan fingerprint density at radius 1 is 1.25 bits per heavy atom. The van der Waals surface area contributed by atoms with E-state index < -0.39 is 32.6 Å². The SMILES string of the molecule is CCOC(=O)c1c(NC(=O)c2ccc(F)c(S(=O)(=O)N3CCOCC3)c2)sc2c1CCC2. The number of carbonyl (C=O) groups is 2. The Morgan fingerprint density at radius 3 is 2.72 bits per heavy atom. The van der Waals surface area contributed by atoms with Crippen molar-refractivity contribution in [2.45, 2.75) is 31.1 Å². The number of carbonyl (C=O) groups excluding carboxylic acids is 2. The molecule has 1 saturated heterocycles. The number of benzene rings is 1. The van der Waals surface area contributed by atoms with Gasteiger partial charge in [-0.2, -0.15) is 4.31 Å². The van der Waals surface area contributed by atoms with Gasteiger partial charge in [-0.3, -0.25) is 4.79 Å². The molecule has 4 rings (SSSR count). The van der Waals surface area contributed by atoms with E-state index in [-0.39, 0.29) is 38.5 Å². The molecule has 8 nitrogen and oxygen atoms in total. The monoisotopic (exact) mass is 482 g/mol. The second kappa shape index (κ2) is 9.26. The number of hydrogen-bond donors (Lipinski definition) is 1. The van der Waals surface area contributed by atoms with Crippen LogP contribution in [-0.4, -0.2) is 57.5 Å². The van der Waals surface area contributed by atoms with Crippen LogP contribution in [0.1, 0.15) is 44.5 Å². The zero-order valence-corrected chi connectivity index (χ0v) is 19.1. The highest BCUT2D eigenvalue weighted by Gasteiger charge is 2.31. The minimum Gasteiger partial charge on any atom is -0.462 e. The van der Waals surface area contributed by atoms with Gasteiger partial charge in [-0.15, -0.1) is 11.3 Å². The lowest BCUT2D eigenvalue weighted by molar-refractivity contribution is 0.0527. The molecule has 2 aliphatic rings. The Morgan fingerprint density at radius 2 is 2.00 bits per heavy atom. The van der Waals surface area contributed by atoms with Gasteiger partial charge in [0.15, 0.2) is 0 Å². The summed E-state index contributed by atoms with van der Waals surface area (Å²) in [6.45, 7) is 2.58. The van der Waals surface area contributed by atoms with Gasteiger partial charge in [0.25, 0.3) is 5.91 Å². The van der Waals surface area contributed by atoms with Gasteiger partial charge in [-0.1, -0.05) is 0 Å². The Balaban J connectivity index is 1.63. The van der Waals surface area contributed by atoms with Crippen LogP contribution in [0.2, 0.25) is 0 Å². The number of halogens is 1. The normalized spacial score (nSPS) is 16.6. The Labute approximate surface area is 189 Å². The molecule has 1 aliphatic heterocycles. The standard InChI is InChI=1S/C21H23FN2O6S2/c1-2-30-21(26)18-14-4-3-5-16(14)31-20(18)23-19(25)13-6-7-15(22)17(12-13)32(27,28)24-8-10-29-11-9-24/h6-7,12H,2-5,8-11H2,1H3,(H,23,25). The van der Waals surface area contributed by atoms with Crippen molar-refractivity contribution in [1.29, 1.82) is 0 Å². The molecule has 1 amide bonds. The molecular formula is C21H23FN2O6S2. The predicted octanol–water partition coefficient (Wildman–Crippen LogP) is 2.83. The fourth-order valence-electron chi connectivity index (χ4n) is 3.86. The number of esters is 1. The third-order valence-electron chi connectivity index (χ3n) is 5.41. The van der Waals surface area contributed by atoms with E-state index in [1.54, 1.807) is 6.92 Å². The molecule has 0 unspecified atom stereocenters. The first-order chi connectivity index (χ1) is 15.3. The summed E-state index contributed by atoms with van der Waals surface area (Å²) in [4.78, 5) is 25.9. The van der Waals surface area contributed by atoms with Crippen LogP contribution in [0.25, 0.3) is 0 Å². The fourth-order valence-corrected chi connectivity index (χ4v) is 6.63. The first-order valence-corrected chi connectivity index (χ1v) is 12.6. The maximum Gasteiger partial charge on any atom is 0.341 e. The van der Waals surface area contributed by atoms with Crippen LogP contribution in [0, 0.1) is 5.82 Å². The summed E-state index contributed by atoms with van der Waals surface area (Å²) in [6.07, 6.45) is 2.48. The number of fused-ring (bicyclic) bond motifs is 1. The van der Waals surface area contributed by atoms with Gasteiger partial charge in [0.2, 0.25) is 10.0 Å². The number of ether oxygens (including phenoxy) is 2. The maximum absolute atomic E-state index is 14.4. The van der Waals surface area contributed by atoms with Crippen LogP contribution in [0.15, 0.2) is 23.1 Å². The van der Waals surface area contributed by atoms with E-state index in [4.69, 9.17) is 9.47 Å². The minimum atomic E-state index is -4.12. The molecule has 2 aromatic rings. The van der Waals surface area contributed by atoms with Crippen LogP contribution in [0.3, 0.4) is 0 Å². The van der Waals surface area contributed by atoms with Crippen LogP contribution in [-0.2, 0) is 32.3 Å². The lowest BCUT2D eigenvalue weighted by Gasteiger charge is -2.26. The van der Waals surface area contributed by atoms with E-state index in [0.717, 1.165) is 46.1 Å². The minimum absolute atomic E-state index is 0.0263. The third kappa shape index (κ3) is 4.29. The third-order valence-corrected chi connectivity index (χ3v) is 8.53. The molecule has 1 aliphatic carbocycles. The molecule has 11 heteroatoms. The van der Waals surface area contributed by atoms with Gasteiger partial charge in [-0.25, -0.2) is 17.6 Å². The van der Waals surface area contributed by atoms with Crippen LogP contribution < -0.4 is 5.32 Å². The number of aryl methyl sites for hydroxylation is 1. The van der Waals surface area contributed by atoms with Crippen molar-refractivity contribution in [3.8, 4) is 0 Å². The number of rotatable bonds is 6. The molecule has 1 aromatic carbocycles. The largest absolute Gasteiger partial charge is 0.462 e. The Bertz CT molecular complexity index is 1160.